The maximum atomic E-state index is 12.0. The molecule has 0 saturated carbocycles. The van der Waals surface area contributed by atoms with Gasteiger partial charge in [-0.2, -0.15) is 0 Å². The molecule has 0 fully saturated rings. The Labute approximate surface area is 130 Å². The predicted molar refractivity (Wildman–Crippen MR) is 89.0 cm³/mol. The van der Waals surface area contributed by atoms with Crippen LogP contribution in [0.15, 0.2) is 28.7 Å². The molecular formula is C16H25BrN2O. The van der Waals surface area contributed by atoms with Crippen LogP contribution in [0.25, 0.3) is 0 Å². The van der Waals surface area contributed by atoms with Crippen LogP contribution in [-0.2, 0) is 4.79 Å². The molecule has 0 aliphatic carbocycles. The van der Waals surface area contributed by atoms with Crippen molar-refractivity contribution in [3.05, 3.63) is 28.7 Å². The zero-order valence-corrected chi connectivity index (χ0v) is 14.0. The molecule has 0 aliphatic heterocycles. The fraction of sp³-hybridized carbons (Fsp3) is 0.562. The lowest BCUT2D eigenvalue weighted by Crippen LogP contribution is -2.36. The molecule has 1 rings (SSSR count). The van der Waals surface area contributed by atoms with Gasteiger partial charge < -0.3 is 10.6 Å². The van der Waals surface area contributed by atoms with E-state index in [4.69, 9.17) is 0 Å². The summed E-state index contributed by atoms with van der Waals surface area (Å²) >= 11 is 3.43. The third kappa shape index (κ3) is 6.53. The number of halogens is 1. The van der Waals surface area contributed by atoms with Gasteiger partial charge in [-0.15, -0.1) is 0 Å². The number of hydrogen-bond donors (Lipinski definition) is 2. The third-order valence-electron chi connectivity index (χ3n) is 3.24. The molecule has 1 aromatic rings. The average Bonchev–Trinajstić information content (AvgIpc) is 2.44. The van der Waals surface area contributed by atoms with Crippen LogP contribution in [0.4, 0.5) is 5.69 Å². The lowest BCUT2D eigenvalue weighted by atomic mass is 10.1. The molecule has 0 radical (unpaired) electrons. The molecule has 0 spiro atoms. The molecule has 0 heterocycles. The highest BCUT2D eigenvalue weighted by molar-refractivity contribution is 9.10. The summed E-state index contributed by atoms with van der Waals surface area (Å²) in [4.78, 5) is 12.0. The molecular weight excluding hydrogens is 316 g/mol. The zero-order valence-electron chi connectivity index (χ0n) is 12.4. The first-order chi connectivity index (χ1) is 9.67. The van der Waals surface area contributed by atoms with E-state index in [0.29, 0.717) is 12.6 Å². The van der Waals surface area contributed by atoms with Gasteiger partial charge in [-0.05, 0) is 40.9 Å². The molecule has 20 heavy (non-hydrogen) atoms. The summed E-state index contributed by atoms with van der Waals surface area (Å²) in [5, 5.41) is 6.28. The minimum absolute atomic E-state index is 0.00880. The number of rotatable bonds is 9. The fourth-order valence-corrected chi connectivity index (χ4v) is 2.53. The normalized spacial score (nSPS) is 12.2. The van der Waals surface area contributed by atoms with Crippen LogP contribution in [-0.4, -0.2) is 18.5 Å². The van der Waals surface area contributed by atoms with E-state index in [1.165, 1.54) is 12.8 Å². The Morgan fingerprint density at radius 3 is 2.60 bits per heavy atom. The molecule has 1 amide bonds. The van der Waals surface area contributed by atoms with E-state index in [0.717, 1.165) is 29.4 Å². The van der Waals surface area contributed by atoms with Gasteiger partial charge in [0.05, 0.1) is 12.2 Å². The highest BCUT2D eigenvalue weighted by atomic mass is 79.9. The van der Waals surface area contributed by atoms with E-state index in [1.54, 1.807) is 0 Å². The van der Waals surface area contributed by atoms with Crippen molar-refractivity contribution in [3.63, 3.8) is 0 Å². The number of nitrogens with one attached hydrogen (secondary N) is 2. The predicted octanol–water partition coefficient (Wildman–Crippen LogP) is 4.34. The Balaban J connectivity index is 2.39. The molecule has 0 saturated heterocycles. The molecule has 4 heteroatoms. The van der Waals surface area contributed by atoms with Crippen molar-refractivity contribution in [2.24, 2.45) is 0 Å². The quantitative estimate of drug-likeness (QED) is 0.702. The topological polar surface area (TPSA) is 41.1 Å². The number of anilines is 1. The first-order valence-electron chi connectivity index (χ1n) is 7.45. The molecule has 1 atom stereocenters. The van der Waals surface area contributed by atoms with E-state index in [2.05, 4.69) is 40.4 Å². The van der Waals surface area contributed by atoms with Crippen molar-refractivity contribution in [3.8, 4) is 0 Å². The number of amides is 1. The lowest BCUT2D eigenvalue weighted by molar-refractivity contribution is -0.115. The Hall–Kier alpha value is -0.870. The third-order valence-corrected chi connectivity index (χ3v) is 3.93. The van der Waals surface area contributed by atoms with Crippen molar-refractivity contribution >= 4 is 27.5 Å². The molecule has 1 aromatic carbocycles. The highest BCUT2D eigenvalue weighted by Crippen LogP contribution is 2.20. The van der Waals surface area contributed by atoms with Crippen LogP contribution < -0.4 is 10.6 Å². The van der Waals surface area contributed by atoms with Crippen LogP contribution in [0.3, 0.4) is 0 Å². The minimum atomic E-state index is 0.00880. The number of hydrogen-bond acceptors (Lipinski definition) is 2. The van der Waals surface area contributed by atoms with Gasteiger partial charge >= 0.3 is 0 Å². The summed E-state index contributed by atoms with van der Waals surface area (Å²) in [6.45, 7) is 4.75. The molecule has 3 nitrogen and oxygen atoms in total. The average molecular weight is 341 g/mol. The lowest BCUT2D eigenvalue weighted by Gasteiger charge is -2.17. The molecule has 112 valence electrons. The summed E-state index contributed by atoms with van der Waals surface area (Å²) in [5.41, 5.74) is 0.819. The van der Waals surface area contributed by atoms with Crippen molar-refractivity contribution in [1.82, 2.24) is 5.32 Å². The summed E-state index contributed by atoms with van der Waals surface area (Å²) < 4.78 is 0.907. The van der Waals surface area contributed by atoms with Crippen LogP contribution >= 0.6 is 15.9 Å². The van der Waals surface area contributed by atoms with Crippen LogP contribution in [0.2, 0.25) is 0 Å². The Morgan fingerprint density at radius 2 is 1.95 bits per heavy atom. The smallest absolute Gasteiger partial charge is 0.238 e. The minimum Gasteiger partial charge on any atom is -0.324 e. The van der Waals surface area contributed by atoms with Gasteiger partial charge in [0.2, 0.25) is 5.91 Å². The van der Waals surface area contributed by atoms with Crippen LogP contribution in [0, 0.1) is 0 Å². The van der Waals surface area contributed by atoms with Crippen LogP contribution in [0.1, 0.15) is 46.0 Å². The molecule has 2 N–H and O–H groups in total. The van der Waals surface area contributed by atoms with Gasteiger partial charge in [-0.3, -0.25) is 4.79 Å². The van der Waals surface area contributed by atoms with Gasteiger partial charge in [0.15, 0.2) is 0 Å². The second-order valence-corrected chi connectivity index (χ2v) is 5.89. The Bertz CT molecular complexity index is 409. The van der Waals surface area contributed by atoms with Gasteiger partial charge in [0.1, 0.15) is 0 Å². The number of para-hydroxylation sites is 1. The zero-order chi connectivity index (χ0) is 14.8. The first kappa shape index (κ1) is 17.2. The molecule has 0 bridgehead atoms. The summed E-state index contributed by atoms with van der Waals surface area (Å²) in [6, 6.07) is 8.10. The second-order valence-electron chi connectivity index (χ2n) is 5.04. The van der Waals surface area contributed by atoms with E-state index in [1.807, 2.05) is 24.3 Å². The summed E-state index contributed by atoms with van der Waals surface area (Å²) in [7, 11) is 0. The van der Waals surface area contributed by atoms with Crippen molar-refractivity contribution < 1.29 is 4.79 Å². The van der Waals surface area contributed by atoms with Crippen molar-refractivity contribution in [2.75, 3.05) is 11.9 Å². The standard InChI is InChI=1S/C16H25BrN2O/c1-3-5-9-13(8-4-2)18-12-16(20)19-15-11-7-6-10-14(15)17/h6-7,10-11,13,18H,3-5,8-9,12H2,1-2H3,(H,19,20). The first-order valence-corrected chi connectivity index (χ1v) is 8.24. The number of benzene rings is 1. The van der Waals surface area contributed by atoms with E-state index in [-0.39, 0.29) is 5.91 Å². The number of carbonyl (C=O) groups is 1. The Kier molecular flexibility index (Phi) is 8.54. The highest BCUT2D eigenvalue weighted by Gasteiger charge is 2.10. The van der Waals surface area contributed by atoms with Crippen molar-refractivity contribution in [1.29, 1.82) is 0 Å². The molecule has 0 aliphatic rings. The Morgan fingerprint density at radius 1 is 1.20 bits per heavy atom. The SMILES string of the molecule is CCCCC(CCC)NCC(=O)Nc1ccccc1Br. The van der Waals surface area contributed by atoms with E-state index in [9.17, 15) is 4.79 Å². The van der Waals surface area contributed by atoms with Gasteiger partial charge in [0.25, 0.3) is 0 Å². The fourth-order valence-electron chi connectivity index (χ4n) is 2.14. The van der Waals surface area contributed by atoms with E-state index >= 15 is 0 Å². The molecule has 0 aromatic heterocycles. The van der Waals surface area contributed by atoms with Gasteiger partial charge in [-0.25, -0.2) is 0 Å². The summed E-state index contributed by atoms with van der Waals surface area (Å²) in [6.07, 6.45) is 5.83. The monoisotopic (exact) mass is 340 g/mol. The summed E-state index contributed by atoms with van der Waals surface area (Å²) in [5.74, 6) is 0.00880. The maximum absolute atomic E-state index is 12.0. The molecule has 1 unspecified atom stereocenters. The second kappa shape index (κ2) is 9.94. The van der Waals surface area contributed by atoms with Gasteiger partial charge in [-0.1, -0.05) is 45.2 Å². The number of unbranched alkanes of at least 4 members (excludes halogenated alkanes) is 1. The van der Waals surface area contributed by atoms with E-state index < -0.39 is 0 Å². The number of carbonyl (C=O) groups excluding carboxylic acids is 1. The maximum Gasteiger partial charge on any atom is 0.238 e. The van der Waals surface area contributed by atoms with Crippen LogP contribution in [0.5, 0.6) is 0 Å². The van der Waals surface area contributed by atoms with Crippen molar-refractivity contribution in [2.45, 2.75) is 52.0 Å². The largest absolute Gasteiger partial charge is 0.324 e. The van der Waals surface area contributed by atoms with Gasteiger partial charge in [0, 0.05) is 10.5 Å².